The molecule has 0 unspecified atom stereocenters. The van der Waals surface area contributed by atoms with Crippen molar-refractivity contribution in [1.29, 1.82) is 0 Å². The first-order valence-corrected chi connectivity index (χ1v) is 8.63. The SMILES string of the molecule is COc1ccc([N+](=O)[O-])cc1NC(=O)CSc1c(C)cc(C)cc1C. The topological polar surface area (TPSA) is 81.5 Å². The Morgan fingerprint density at radius 3 is 2.40 bits per heavy atom. The van der Waals surface area contributed by atoms with Crippen molar-refractivity contribution in [3.05, 3.63) is 57.1 Å². The Bertz CT molecular complexity index is 798. The minimum absolute atomic E-state index is 0.103. The lowest BCUT2D eigenvalue weighted by Crippen LogP contribution is -2.15. The number of benzene rings is 2. The molecule has 2 rings (SSSR count). The van der Waals surface area contributed by atoms with Gasteiger partial charge in [0.15, 0.2) is 0 Å². The van der Waals surface area contributed by atoms with Crippen molar-refractivity contribution in [2.45, 2.75) is 25.7 Å². The van der Waals surface area contributed by atoms with E-state index < -0.39 is 4.92 Å². The Morgan fingerprint density at radius 2 is 1.84 bits per heavy atom. The van der Waals surface area contributed by atoms with Crippen molar-refractivity contribution in [2.24, 2.45) is 0 Å². The molecule has 0 saturated heterocycles. The molecule has 0 aliphatic carbocycles. The number of nitrogens with one attached hydrogen (secondary N) is 1. The number of carbonyl (C=O) groups is 1. The summed E-state index contributed by atoms with van der Waals surface area (Å²) in [6.45, 7) is 6.07. The lowest BCUT2D eigenvalue weighted by atomic mass is 10.1. The highest BCUT2D eigenvalue weighted by Crippen LogP contribution is 2.30. The van der Waals surface area contributed by atoms with E-state index in [1.54, 1.807) is 0 Å². The summed E-state index contributed by atoms with van der Waals surface area (Å²) >= 11 is 1.45. The molecular weight excluding hydrogens is 340 g/mol. The first-order valence-electron chi connectivity index (χ1n) is 7.64. The zero-order valence-electron chi connectivity index (χ0n) is 14.6. The third-order valence-electron chi connectivity index (χ3n) is 3.62. The van der Waals surface area contributed by atoms with Gasteiger partial charge in [-0.25, -0.2) is 0 Å². The van der Waals surface area contributed by atoms with E-state index in [9.17, 15) is 14.9 Å². The number of nitro benzene ring substituents is 1. The highest BCUT2D eigenvalue weighted by Gasteiger charge is 2.14. The van der Waals surface area contributed by atoms with Crippen LogP contribution >= 0.6 is 11.8 Å². The molecule has 0 saturated carbocycles. The van der Waals surface area contributed by atoms with E-state index in [4.69, 9.17) is 4.74 Å². The summed E-state index contributed by atoms with van der Waals surface area (Å²) in [5.41, 5.74) is 3.63. The summed E-state index contributed by atoms with van der Waals surface area (Å²) in [5, 5.41) is 13.6. The number of nitrogens with zero attached hydrogens (tertiary/aromatic N) is 1. The van der Waals surface area contributed by atoms with Crippen molar-refractivity contribution in [3.63, 3.8) is 0 Å². The van der Waals surface area contributed by atoms with Crippen LogP contribution < -0.4 is 10.1 Å². The molecule has 7 heteroatoms. The van der Waals surface area contributed by atoms with Crippen LogP contribution in [-0.2, 0) is 4.79 Å². The molecule has 1 N–H and O–H groups in total. The molecule has 0 radical (unpaired) electrons. The number of ether oxygens (including phenoxy) is 1. The maximum atomic E-state index is 12.3. The second-order valence-electron chi connectivity index (χ2n) is 5.71. The van der Waals surface area contributed by atoms with Gasteiger partial charge in [0.1, 0.15) is 5.75 Å². The lowest BCUT2D eigenvalue weighted by Gasteiger charge is -2.12. The molecule has 0 aliphatic heterocycles. The molecule has 0 fully saturated rings. The van der Waals surface area contributed by atoms with E-state index in [0.717, 1.165) is 16.0 Å². The van der Waals surface area contributed by atoms with Crippen LogP contribution in [0, 0.1) is 30.9 Å². The average Bonchev–Trinajstić information content (AvgIpc) is 2.53. The Hall–Kier alpha value is -2.54. The largest absolute Gasteiger partial charge is 0.495 e. The normalized spacial score (nSPS) is 10.4. The summed E-state index contributed by atoms with van der Waals surface area (Å²) in [6, 6.07) is 8.26. The number of non-ortho nitro benzene ring substituents is 1. The number of anilines is 1. The van der Waals surface area contributed by atoms with Gasteiger partial charge in [-0.15, -0.1) is 11.8 Å². The summed E-state index contributed by atoms with van der Waals surface area (Å²) in [5.74, 6) is 0.339. The second kappa shape index (κ2) is 8.02. The number of thioether (sulfide) groups is 1. The Morgan fingerprint density at radius 1 is 1.20 bits per heavy atom. The van der Waals surface area contributed by atoms with Gasteiger partial charge < -0.3 is 10.1 Å². The summed E-state index contributed by atoms with van der Waals surface area (Å²) in [4.78, 5) is 23.7. The molecule has 0 heterocycles. The monoisotopic (exact) mass is 360 g/mol. The highest BCUT2D eigenvalue weighted by atomic mass is 32.2. The Kier molecular flexibility index (Phi) is 6.03. The maximum Gasteiger partial charge on any atom is 0.271 e. The van der Waals surface area contributed by atoms with Gasteiger partial charge in [0, 0.05) is 17.0 Å². The molecule has 0 spiro atoms. The van der Waals surface area contributed by atoms with E-state index in [1.807, 2.05) is 20.8 Å². The molecule has 0 atom stereocenters. The number of rotatable bonds is 6. The first-order chi connectivity index (χ1) is 11.8. The summed E-state index contributed by atoms with van der Waals surface area (Å²) in [7, 11) is 1.45. The van der Waals surface area contributed by atoms with Crippen LogP contribution in [0.3, 0.4) is 0 Å². The quantitative estimate of drug-likeness (QED) is 0.473. The molecule has 6 nitrogen and oxygen atoms in total. The van der Waals surface area contributed by atoms with Gasteiger partial charge in [0.25, 0.3) is 5.69 Å². The van der Waals surface area contributed by atoms with E-state index in [-0.39, 0.29) is 17.3 Å². The van der Waals surface area contributed by atoms with E-state index in [0.29, 0.717) is 11.4 Å². The molecule has 1 amide bonds. The lowest BCUT2D eigenvalue weighted by molar-refractivity contribution is -0.384. The number of hydrogen-bond donors (Lipinski definition) is 1. The minimum Gasteiger partial charge on any atom is -0.495 e. The zero-order chi connectivity index (χ0) is 18.6. The molecule has 25 heavy (non-hydrogen) atoms. The molecule has 0 aliphatic rings. The van der Waals surface area contributed by atoms with Crippen LogP contribution in [0.4, 0.5) is 11.4 Å². The van der Waals surface area contributed by atoms with Crippen molar-refractivity contribution in [1.82, 2.24) is 0 Å². The van der Waals surface area contributed by atoms with Gasteiger partial charge in [-0.1, -0.05) is 17.7 Å². The Balaban J connectivity index is 2.11. The van der Waals surface area contributed by atoms with Gasteiger partial charge >= 0.3 is 0 Å². The van der Waals surface area contributed by atoms with Gasteiger partial charge in [-0.05, 0) is 38.0 Å². The van der Waals surface area contributed by atoms with Crippen LogP contribution in [-0.4, -0.2) is 23.7 Å². The maximum absolute atomic E-state index is 12.3. The minimum atomic E-state index is -0.511. The molecule has 2 aromatic carbocycles. The smallest absolute Gasteiger partial charge is 0.271 e. The fourth-order valence-electron chi connectivity index (χ4n) is 2.63. The number of hydrogen-bond acceptors (Lipinski definition) is 5. The highest BCUT2D eigenvalue weighted by molar-refractivity contribution is 8.00. The average molecular weight is 360 g/mol. The molecule has 132 valence electrons. The van der Waals surface area contributed by atoms with Gasteiger partial charge in [-0.2, -0.15) is 0 Å². The zero-order valence-corrected chi connectivity index (χ0v) is 15.4. The number of carbonyl (C=O) groups excluding carboxylic acids is 1. The first kappa shape index (κ1) is 18.8. The molecule has 2 aromatic rings. The molecule has 0 bridgehead atoms. The third kappa shape index (κ3) is 4.73. The van der Waals surface area contributed by atoms with E-state index in [1.165, 1.54) is 42.6 Å². The van der Waals surface area contributed by atoms with Gasteiger partial charge in [0.2, 0.25) is 5.91 Å². The van der Waals surface area contributed by atoms with Crippen molar-refractivity contribution in [3.8, 4) is 5.75 Å². The fraction of sp³-hybridized carbons (Fsp3) is 0.278. The second-order valence-corrected chi connectivity index (χ2v) is 6.69. The van der Waals surface area contributed by atoms with E-state index >= 15 is 0 Å². The number of nitro groups is 1. The van der Waals surface area contributed by atoms with Crippen LogP contribution in [0.5, 0.6) is 5.75 Å². The van der Waals surface area contributed by atoms with Crippen molar-refractivity contribution < 1.29 is 14.5 Å². The number of methoxy groups -OCH3 is 1. The van der Waals surface area contributed by atoms with Gasteiger partial charge in [-0.3, -0.25) is 14.9 Å². The van der Waals surface area contributed by atoms with Crippen LogP contribution in [0.1, 0.15) is 16.7 Å². The fourth-order valence-corrected chi connectivity index (χ4v) is 3.55. The van der Waals surface area contributed by atoms with Crippen molar-refractivity contribution in [2.75, 3.05) is 18.2 Å². The third-order valence-corrected chi connectivity index (χ3v) is 4.96. The predicted octanol–water partition coefficient (Wildman–Crippen LogP) is 4.26. The molecular formula is C18H20N2O4S. The Labute approximate surface area is 150 Å². The van der Waals surface area contributed by atoms with Gasteiger partial charge in [0.05, 0.1) is 23.5 Å². The molecule has 0 aromatic heterocycles. The predicted molar refractivity (Wildman–Crippen MR) is 99.7 cm³/mol. The standard InChI is InChI=1S/C18H20N2O4S/c1-11-7-12(2)18(13(3)8-11)25-10-17(21)19-15-9-14(20(22)23)5-6-16(15)24-4/h5-9H,10H2,1-4H3,(H,19,21). The summed E-state index contributed by atoms with van der Waals surface area (Å²) in [6.07, 6.45) is 0. The summed E-state index contributed by atoms with van der Waals surface area (Å²) < 4.78 is 5.15. The number of aryl methyl sites for hydroxylation is 3. The van der Waals surface area contributed by atoms with Crippen molar-refractivity contribution >= 4 is 29.0 Å². The van der Waals surface area contributed by atoms with Crippen LogP contribution in [0.2, 0.25) is 0 Å². The van der Waals surface area contributed by atoms with Crippen LogP contribution in [0.15, 0.2) is 35.2 Å². The van der Waals surface area contributed by atoms with Crippen LogP contribution in [0.25, 0.3) is 0 Å². The number of amides is 1. The van der Waals surface area contributed by atoms with E-state index in [2.05, 4.69) is 17.4 Å².